The molecular formula is C24H34ClNO5. The zero-order valence-electron chi connectivity index (χ0n) is 19.0. The number of allylic oxidation sites excluding steroid dienone is 3. The van der Waals surface area contributed by atoms with Gasteiger partial charge in [-0.3, -0.25) is 4.79 Å². The Morgan fingerprint density at radius 2 is 1.87 bits per heavy atom. The Hall–Kier alpha value is -2.31. The molecule has 0 aliphatic rings. The summed E-state index contributed by atoms with van der Waals surface area (Å²) in [4.78, 5) is 23.9. The quantitative estimate of drug-likeness (QED) is 0.418. The van der Waals surface area contributed by atoms with Gasteiger partial charge in [-0.25, -0.2) is 4.79 Å². The number of halogens is 1. The summed E-state index contributed by atoms with van der Waals surface area (Å²) >= 11 is 6.25. The van der Waals surface area contributed by atoms with E-state index >= 15 is 0 Å². The maximum Gasteiger partial charge on any atom is 0.333 e. The van der Waals surface area contributed by atoms with Crippen LogP contribution in [-0.4, -0.2) is 41.8 Å². The lowest BCUT2D eigenvalue weighted by Crippen LogP contribution is -2.46. The highest BCUT2D eigenvalue weighted by molar-refractivity contribution is 6.30. The number of nitrogens with one attached hydrogen (secondary N) is 1. The molecular weight excluding hydrogens is 418 g/mol. The molecule has 172 valence electrons. The molecule has 1 aromatic carbocycles. The largest absolute Gasteiger partial charge is 0.479 e. The second kappa shape index (κ2) is 13.2. The summed E-state index contributed by atoms with van der Waals surface area (Å²) in [6.07, 6.45) is 4.65. The summed E-state index contributed by atoms with van der Waals surface area (Å²) in [7, 11) is 0. The molecule has 0 fully saturated rings. The summed E-state index contributed by atoms with van der Waals surface area (Å²) in [6.45, 7) is 9.87. The number of hydrogen-bond acceptors (Lipinski definition) is 4. The topological polar surface area (TPSA) is 84.9 Å². The molecule has 1 rings (SSSR count). The molecule has 31 heavy (non-hydrogen) atoms. The summed E-state index contributed by atoms with van der Waals surface area (Å²) in [6, 6.07) is 7.00. The van der Waals surface area contributed by atoms with E-state index in [9.17, 15) is 14.7 Å². The van der Waals surface area contributed by atoms with Gasteiger partial charge in [0.2, 0.25) is 0 Å². The number of ether oxygens (including phenoxy) is 2. The lowest BCUT2D eigenvalue weighted by Gasteiger charge is -2.25. The molecule has 0 saturated carbocycles. The van der Waals surface area contributed by atoms with Crippen molar-refractivity contribution < 1.29 is 24.2 Å². The number of amides is 1. The van der Waals surface area contributed by atoms with Crippen molar-refractivity contribution in [1.82, 2.24) is 5.32 Å². The molecule has 1 unspecified atom stereocenters. The lowest BCUT2D eigenvalue weighted by molar-refractivity contribution is -0.150. The van der Waals surface area contributed by atoms with E-state index in [-0.39, 0.29) is 12.3 Å². The van der Waals surface area contributed by atoms with Crippen molar-refractivity contribution in [1.29, 1.82) is 0 Å². The van der Waals surface area contributed by atoms with Crippen LogP contribution in [0.4, 0.5) is 0 Å². The number of benzene rings is 1. The third-order valence-corrected chi connectivity index (χ3v) is 5.12. The number of carboxylic acids is 1. The van der Waals surface area contributed by atoms with Gasteiger partial charge >= 0.3 is 5.97 Å². The zero-order chi connectivity index (χ0) is 23.4. The van der Waals surface area contributed by atoms with Crippen LogP contribution < -0.4 is 10.1 Å². The molecule has 0 saturated heterocycles. The first kappa shape index (κ1) is 26.7. The summed E-state index contributed by atoms with van der Waals surface area (Å²) in [5.74, 6) is -0.699. The van der Waals surface area contributed by atoms with E-state index in [1.165, 1.54) is 0 Å². The Morgan fingerprint density at radius 3 is 2.39 bits per heavy atom. The average molecular weight is 452 g/mol. The molecule has 6 nitrogen and oxygen atoms in total. The van der Waals surface area contributed by atoms with E-state index < -0.39 is 17.7 Å². The molecule has 2 N–H and O–H groups in total. The maximum absolute atomic E-state index is 12.6. The van der Waals surface area contributed by atoms with Gasteiger partial charge in [0.15, 0.2) is 11.7 Å². The van der Waals surface area contributed by atoms with Crippen molar-refractivity contribution in [2.75, 3.05) is 13.2 Å². The predicted octanol–water partition coefficient (Wildman–Crippen LogP) is 4.86. The van der Waals surface area contributed by atoms with Crippen LogP contribution in [0.3, 0.4) is 0 Å². The Morgan fingerprint density at radius 1 is 1.23 bits per heavy atom. The highest BCUT2D eigenvalue weighted by atomic mass is 35.5. The summed E-state index contributed by atoms with van der Waals surface area (Å²) in [5, 5.41) is 12.9. The molecule has 0 aliphatic carbocycles. The van der Waals surface area contributed by atoms with Gasteiger partial charge in [0, 0.05) is 24.6 Å². The van der Waals surface area contributed by atoms with E-state index in [0.29, 0.717) is 25.3 Å². The Kier molecular flexibility index (Phi) is 11.4. The monoisotopic (exact) mass is 451 g/mol. The molecule has 1 atom stereocenters. The van der Waals surface area contributed by atoms with Crippen molar-refractivity contribution >= 4 is 23.5 Å². The van der Waals surface area contributed by atoms with Gasteiger partial charge in [0.1, 0.15) is 5.75 Å². The van der Waals surface area contributed by atoms with Crippen molar-refractivity contribution in [3.63, 3.8) is 0 Å². The number of carbonyl (C=O) groups is 2. The van der Waals surface area contributed by atoms with E-state index in [2.05, 4.69) is 5.32 Å². The minimum absolute atomic E-state index is 0.230. The number of aliphatic carboxylic acids is 1. The normalized spacial score (nSPS) is 13.6. The molecule has 0 aromatic heterocycles. The Bertz CT molecular complexity index is 784. The lowest BCUT2D eigenvalue weighted by atomic mass is 10.1. The number of hydrogen-bond donors (Lipinski definition) is 2. The van der Waals surface area contributed by atoms with Gasteiger partial charge in [-0.15, -0.1) is 0 Å². The molecule has 0 spiro atoms. The van der Waals surface area contributed by atoms with Crippen LogP contribution in [0, 0.1) is 0 Å². The SMILES string of the molecule is C/C=C\C(CCNC(=O)C(C)(C)Oc1ccc(CC(OCC)C(=O)O)cc1)=C(\Cl)CC. The zero-order valence-corrected chi connectivity index (χ0v) is 19.8. The predicted molar refractivity (Wildman–Crippen MR) is 124 cm³/mol. The molecule has 7 heteroatoms. The average Bonchev–Trinajstić information content (AvgIpc) is 2.73. The van der Waals surface area contributed by atoms with Gasteiger partial charge in [-0.1, -0.05) is 42.8 Å². The van der Waals surface area contributed by atoms with Gasteiger partial charge < -0.3 is 19.9 Å². The Labute approximate surface area is 190 Å². The van der Waals surface area contributed by atoms with E-state index in [1.807, 2.05) is 26.0 Å². The third kappa shape index (κ3) is 9.15. The van der Waals surface area contributed by atoms with Crippen molar-refractivity contribution in [2.45, 2.75) is 65.6 Å². The number of carboxylic acid groups (broad SMARTS) is 1. The minimum Gasteiger partial charge on any atom is -0.479 e. The second-order valence-corrected chi connectivity index (χ2v) is 7.99. The molecule has 0 aliphatic heterocycles. The van der Waals surface area contributed by atoms with Gasteiger partial charge in [-0.05, 0) is 63.8 Å². The van der Waals surface area contributed by atoms with Crippen LogP contribution in [0.25, 0.3) is 0 Å². The van der Waals surface area contributed by atoms with Gasteiger partial charge in [-0.2, -0.15) is 0 Å². The minimum atomic E-state index is -1.07. The van der Waals surface area contributed by atoms with Crippen molar-refractivity contribution in [3.8, 4) is 5.75 Å². The summed E-state index contributed by atoms with van der Waals surface area (Å²) < 4.78 is 11.1. The highest BCUT2D eigenvalue weighted by Gasteiger charge is 2.29. The van der Waals surface area contributed by atoms with Crippen LogP contribution >= 0.6 is 11.6 Å². The van der Waals surface area contributed by atoms with Crippen LogP contribution in [-0.2, 0) is 20.7 Å². The fourth-order valence-electron chi connectivity index (χ4n) is 2.93. The summed E-state index contributed by atoms with van der Waals surface area (Å²) in [5.41, 5.74) is 0.745. The van der Waals surface area contributed by atoms with E-state index in [0.717, 1.165) is 22.6 Å². The first-order valence-electron chi connectivity index (χ1n) is 10.5. The number of carbonyl (C=O) groups excluding carboxylic acids is 1. The number of rotatable bonds is 13. The van der Waals surface area contributed by atoms with Crippen molar-refractivity contribution in [2.24, 2.45) is 0 Å². The molecule has 0 heterocycles. The van der Waals surface area contributed by atoms with Crippen LogP contribution in [0.1, 0.15) is 53.0 Å². The molecule has 1 amide bonds. The molecule has 0 radical (unpaired) electrons. The first-order valence-corrected chi connectivity index (χ1v) is 10.9. The first-order chi connectivity index (χ1) is 14.6. The van der Waals surface area contributed by atoms with Crippen LogP contribution in [0.5, 0.6) is 5.75 Å². The highest BCUT2D eigenvalue weighted by Crippen LogP contribution is 2.21. The van der Waals surface area contributed by atoms with E-state index in [4.69, 9.17) is 21.1 Å². The van der Waals surface area contributed by atoms with E-state index in [1.54, 1.807) is 45.0 Å². The molecule has 1 aromatic rings. The third-order valence-electron chi connectivity index (χ3n) is 4.61. The standard InChI is InChI=1S/C24H34ClNO5/c1-6-9-18(20(25)7-2)14-15-26-23(29)24(4,5)31-19-12-10-17(11-13-19)16-21(22(27)28)30-8-3/h6,9-13,21H,7-8,14-16H2,1-5H3,(H,26,29)(H,27,28)/b9-6-,20-18-. The second-order valence-electron chi connectivity index (χ2n) is 7.53. The maximum atomic E-state index is 12.6. The van der Waals surface area contributed by atoms with Gasteiger partial charge in [0.25, 0.3) is 5.91 Å². The van der Waals surface area contributed by atoms with Crippen LogP contribution in [0.15, 0.2) is 47.0 Å². The van der Waals surface area contributed by atoms with Gasteiger partial charge in [0.05, 0.1) is 0 Å². The molecule has 0 bridgehead atoms. The smallest absolute Gasteiger partial charge is 0.333 e. The van der Waals surface area contributed by atoms with Crippen LogP contribution in [0.2, 0.25) is 0 Å². The van der Waals surface area contributed by atoms with Crippen molar-refractivity contribution in [3.05, 3.63) is 52.6 Å². The Balaban J connectivity index is 2.68. The fraction of sp³-hybridized carbons (Fsp3) is 0.500. The fourth-order valence-corrected chi connectivity index (χ4v) is 3.09.